The van der Waals surface area contributed by atoms with Gasteiger partial charge in [0.2, 0.25) is 5.91 Å². The number of hydrogen-bond acceptors (Lipinski definition) is 4. The van der Waals surface area contributed by atoms with Crippen molar-refractivity contribution in [1.29, 1.82) is 5.41 Å². The van der Waals surface area contributed by atoms with E-state index in [1.54, 1.807) is 17.8 Å². The van der Waals surface area contributed by atoms with Crippen LogP contribution in [0.1, 0.15) is 5.56 Å². The van der Waals surface area contributed by atoms with E-state index in [1.807, 2.05) is 18.2 Å². The highest BCUT2D eigenvalue weighted by Crippen LogP contribution is 2.32. The zero-order chi connectivity index (χ0) is 13.4. The molecular weight excluding hydrogens is 284 g/mol. The third-order valence-electron chi connectivity index (χ3n) is 3.38. The minimum Gasteiger partial charge on any atom is -0.459 e. The standard InChI is InChI=1S/C13H13ClN2O2S/c14-9-4-2-1-3-8(9)5-12(17)16-10-6-19-7-11(10)18-13(16)15/h1-4,10-11,15H,5-7H2/t10-,11-/m1/s1. The molecule has 3 rings (SSSR count). The summed E-state index contributed by atoms with van der Waals surface area (Å²) in [5, 5.41) is 8.38. The molecule has 1 N–H and O–H groups in total. The van der Waals surface area contributed by atoms with Gasteiger partial charge >= 0.3 is 0 Å². The van der Waals surface area contributed by atoms with E-state index in [4.69, 9.17) is 21.7 Å². The van der Waals surface area contributed by atoms with Crippen molar-refractivity contribution in [2.75, 3.05) is 11.5 Å². The Hall–Kier alpha value is -1.20. The molecule has 4 nitrogen and oxygen atoms in total. The molecule has 1 aromatic rings. The van der Waals surface area contributed by atoms with Gasteiger partial charge in [-0.1, -0.05) is 29.8 Å². The lowest BCUT2D eigenvalue weighted by molar-refractivity contribution is -0.127. The summed E-state index contributed by atoms with van der Waals surface area (Å²) in [7, 11) is 0. The van der Waals surface area contributed by atoms with Crippen molar-refractivity contribution < 1.29 is 9.53 Å². The second kappa shape index (κ2) is 5.06. The van der Waals surface area contributed by atoms with Gasteiger partial charge in [-0.05, 0) is 11.6 Å². The number of rotatable bonds is 2. The number of carbonyl (C=O) groups excluding carboxylic acids is 1. The topological polar surface area (TPSA) is 53.4 Å². The Morgan fingerprint density at radius 2 is 2.26 bits per heavy atom. The Morgan fingerprint density at radius 1 is 1.47 bits per heavy atom. The maximum absolute atomic E-state index is 12.4. The number of ether oxygens (including phenoxy) is 1. The predicted octanol–water partition coefficient (Wildman–Crippen LogP) is 2.16. The van der Waals surface area contributed by atoms with Gasteiger partial charge in [0.1, 0.15) is 6.10 Å². The summed E-state index contributed by atoms with van der Waals surface area (Å²) in [4.78, 5) is 13.8. The number of thioether (sulfide) groups is 1. The van der Waals surface area contributed by atoms with Crippen molar-refractivity contribution in [2.24, 2.45) is 0 Å². The van der Waals surface area contributed by atoms with E-state index >= 15 is 0 Å². The average molecular weight is 297 g/mol. The van der Waals surface area contributed by atoms with E-state index in [0.29, 0.717) is 5.02 Å². The molecule has 2 heterocycles. The summed E-state index contributed by atoms with van der Waals surface area (Å²) < 4.78 is 5.42. The second-order valence-electron chi connectivity index (χ2n) is 4.60. The molecule has 2 aliphatic rings. The molecule has 1 amide bonds. The van der Waals surface area contributed by atoms with E-state index in [0.717, 1.165) is 17.1 Å². The maximum atomic E-state index is 12.4. The first-order valence-corrected chi connectivity index (χ1v) is 7.58. The molecule has 100 valence electrons. The monoisotopic (exact) mass is 296 g/mol. The zero-order valence-corrected chi connectivity index (χ0v) is 11.7. The van der Waals surface area contributed by atoms with Crippen LogP contribution in [-0.2, 0) is 16.0 Å². The van der Waals surface area contributed by atoms with Gasteiger partial charge < -0.3 is 4.74 Å². The zero-order valence-electron chi connectivity index (χ0n) is 10.1. The molecule has 0 aromatic heterocycles. The molecule has 0 radical (unpaired) electrons. The normalized spacial score (nSPS) is 25.3. The lowest BCUT2D eigenvalue weighted by Gasteiger charge is -2.19. The third kappa shape index (κ3) is 2.32. The highest BCUT2D eigenvalue weighted by atomic mass is 35.5. The third-order valence-corrected chi connectivity index (χ3v) is 4.89. The highest BCUT2D eigenvalue weighted by Gasteiger charge is 2.45. The van der Waals surface area contributed by atoms with E-state index in [9.17, 15) is 4.79 Å². The van der Waals surface area contributed by atoms with Crippen LogP contribution in [0.25, 0.3) is 0 Å². The molecule has 6 heteroatoms. The minimum absolute atomic E-state index is 0.00693. The van der Waals surface area contributed by atoms with Gasteiger partial charge in [0, 0.05) is 16.5 Å². The lowest BCUT2D eigenvalue weighted by Crippen LogP contribution is -2.42. The molecule has 0 spiro atoms. The Morgan fingerprint density at radius 3 is 3.05 bits per heavy atom. The number of hydrogen-bond donors (Lipinski definition) is 1. The smallest absolute Gasteiger partial charge is 0.292 e. The summed E-state index contributed by atoms with van der Waals surface area (Å²) in [6.07, 6.45) is 0.187. The SMILES string of the molecule is N=C1O[C@@H]2CSC[C@H]2N1C(=O)Cc1ccccc1Cl. The van der Waals surface area contributed by atoms with Gasteiger partial charge in [-0.2, -0.15) is 11.8 Å². The predicted molar refractivity (Wildman–Crippen MR) is 75.7 cm³/mol. The summed E-state index contributed by atoms with van der Waals surface area (Å²) in [5.41, 5.74) is 0.788. The molecule has 19 heavy (non-hydrogen) atoms. The van der Waals surface area contributed by atoms with Crippen LogP contribution in [0.4, 0.5) is 0 Å². The minimum atomic E-state index is -0.117. The van der Waals surface area contributed by atoms with Crippen LogP contribution in [-0.4, -0.2) is 40.5 Å². The molecule has 2 fully saturated rings. The van der Waals surface area contributed by atoms with Crippen molar-refractivity contribution in [2.45, 2.75) is 18.6 Å². The van der Waals surface area contributed by atoms with Gasteiger partial charge in [0.15, 0.2) is 0 Å². The summed E-state index contributed by atoms with van der Waals surface area (Å²) in [6, 6.07) is 7.28. The van der Waals surface area contributed by atoms with E-state index in [2.05, 4.69) is 0 Å². The van der Waals surface area contributed by atoms with E-state index in [1.165, 1.54) is 4.90 Å². The fourth-order valence-electron chi connectivity index (χ4n) is 2.42. The summed E-state index contributed by atoms with van der Waals surface area (Å²) >= 11 is 7.82. The van der Waals surface area contributed by atoms with Crippen LogP contribution >= 0.6 is 23.4 Å². The van der Waals surface area contributed by atoms with E-state index in [-0.39, 0.29) is 30.5 Å². The van der Waals surface area contributed by atoms with Gasteiger partial charge in [0.05, 0.1) is 12.5 Å². The largest absolute Gasteiger partial charge is 0.459 e. The summed E-state index contributed by atoms with van der Waals surface area (Å²) in [5.74, 6) is 1.57. The van der Waals surface area contributed by atoms with Crippen LogP contribution in [0.3, 0.4) is 0 Å². The van der Waals surface area contributed by atoms with Crippen molar-refractivity contribution in [3.63, 3.8) is 0 Å². The van der Waals surface area contributed by atoms with Crippen molar-refractivity contribution in [1.82, 2.24) is 4.90 Å². The molecule has 0 saturated carbocycles. The molecule has 2 saturated heterocycles. The summed E-state index contributed by atoms with van der Waals surface area (Å²) in [6.45, 7) is 0. The maximum Gasteiger partial charge on any atom is 0.292 e. The second-order valence-corrected chi connectivity index (χ2v) is 6.08. The van der Waals surface area contributed by atoms with Crippen LogP contribution in [0, 0.1) is 5.41 Å². The van der Waals surface area contributed by atoms with Gasteiger partial charge in [-0.25, -0.2) is 0 Å². The Balaban J connectivity index is 1.77. The molecule has 0 bridgehead atoms. The van der Waals surface area contributed by atoms with Gasteiger partial charge in [0.25, 0.3) is 6.02 Å². The number of amides is 1. The van der Waals surface area contributed by atoms with Crippen molar-refractivity contribution in [3.8, 4) is 0 Å². The first-order valence-electron chi connectivity index (χ1n) is 6.05. The first-order chi connectivity index (χ1) is 9.16. The van der Waals surface area contributed by atoms with Crippen molar-refractivity contribution >= 4 is 35.3 Å². The fourth-order valence-corrected chi connectivity index (χ4v) is 3.88. The Labute approximate surface area is 120 Å². The van der Waals surface area contributed by atoms with Crippen LogP contribution in [0.2, 0.25) is 5.02 Å². The Bertz CT molecular complexity index is 537. The highest BCUT2D eigenvalue weighted by molar-refractivity contribution is 7.99. The van der Waals surface area contributed by atoms with Crippen molar-refractivity contribution in [3.05, 3.63) is 34.9 Å². The quantitative estimate of drug-likeness (QED) is 0.910. The average Bonchev–Trinajstić information content (AvgIpc) is 2.91. The number of amidine groups is 1. The van der Waals surface area contributed by atoms with E-state index < -0.39 is 0 Å². The van der Waals surface area contributed by atoms with Crippen LogP contribution in [0.5, 0.6) is 0 Å². The number of fused-ring (bicyclic) bond motifs is 1. The van der Waals surface area contributed by atoms with Gasteiger partial charge in [-0.15, -0.1) is 0 Å². The first kappa shape index (κ1) is 12.8. The molecule has 0 aliphatic carbocycles. The molecule has 2 aliphatic heterocycles. The number of benzene rings is 1. The number of halogens is 1. The Kier molecular flexibility index (Phi) is 3.41. The lowest BCUT2D eigenvalue weighted by atomic mass is 10.1. The molecular formula is C13H13ClN2O2S. The number of carbonyl (C=O) groups is 1. The molecule has 2 atom stereocenters. The molecule has 1 aromatic carbocycles. The van der Waals surface area contributed by atoms with Crippen LogP contribution < -0.4 is 0 Å². The fraction of sp³-hybridized carbons (Fsp3) is 0.385. The van der Waals surface area contributed by atoms with Gasteiger partial charge in [-0.3, -0.25) is 15.1 Å². The van der Waals surface area contributed by atoms with Crippen LogP contribution in [0.15, 0.2) is 24.3 Å². The number of nitrogens with one attached hydrogen (secondary N) is 1. The molecule has 0 unspecified atom stereocenters. The number of nitrogens with zero attached hydrogens (tertiary/aromatic N) is 1.